The Bertz CT molecular complexity index is 506. The summed E-state index contributed by atoms with van der Waals surface area (Å²) in [4.78, 5) is 7.42. The van der Waals surface area contributed by atoms with E-state index in [-0.39, 0.29) is 0 Å². The van der Waals surface area contributed by atoms with Crippen LogP contribution in [0.25, 0.3) is 5.70 Å². The number of nitrogens with one attached hydrogen (secondary N) is 3. The predicted octanol–water partition coefficient (Wildman–Crippen LogP) is 2.24. The van der Waals surface area contributed by atoms with E-state index in [1.165, 1.54) is 25.7 Å². The van der Waals surface area contributed by atoms with E-state index in [1.54, 1.807) is 6.34 Å². The summed E-state index contributed by atoms with van der Waals surface area (Å²) < 4.78 is 0. The number of nitrogens with zero attached hydrogens (tertiary/aromatic N) is 1. The average Bonchev–Trinajstić information content (AvgIpc) is 2.91. The molecule has 2 heterocycles. The van der Waals surface area contributed by atoms with E-state index in [9.17, 15) is 0 Å². The number of aliphatic imine (C=N–C) groups is 1. The van der Waals surface area contributed by atoms with Crippen molar-refractivity contribution in [3.63, 3.8) is 0 Å². The van der Waals surface area contributed by atoms with Gasteiger partial charge in [0.25, 0.3) is 0 Å². The van der Waals surface area contributed by atoms with Crippen LogP contribution in [0.2, 0.25) is 0 Å². The second-order valence-corrected chi connectivity index (χ2v) is 5.53. The summed E-state index contributed by atoms with van der Waals surface area (Å²) in [7, 11) is 0. The van der Waals surface area contributed by atoms with E-state index in [0.717, 1.165) is 28.7 Å². The summed E-state index contributed by atoms with van der Waals surface area (Å²) in [6.45, 7) is 2.33. The zero-order valence-corrected chi connectivity index (χ0v) is 11.2. The molecule has 5 heteroatoms. The molecule has 1 aliphatic carbocycles. The molecule has 0 aromatic carbocycles. The first-order valence-corrected chi connectivity index (χ1v) is 6.97. The fourth-order valence-electron chi connectivity index (χ4n) is 3.07. The molecule has 0 radical (unpaired) electrons. The minimum Gasteiger partial charge on any atom is -0.346 e. The number of nitrogens with two attached hydrogens (primary N) is 1. The van der Waals surface area contributed by atoms with E-state index in [1.807, 2.05) is 12.3 Å². The topological polar surface area (TPSA) is 78.2 Å². The molecule has 102 valence electrons. The number of hydrazine groups is 1. The maximum atomic E-state index is 5.79. The molecule has 0 amide bonds. The Morgan fingerprint density at radius 1 is 1.37 bits per heavy atom. The summed E-state index contributed by atoms with van der Waals surface area (Å²) in [6, 6.07) is 2.04. The molecule has 1 aliphatic heterocycles. The van der Waals surface area contributed by atoms with Crippen molar-refractivity contribution in [1.82, 2.24) is 15.7 Å². The Morgan fingerprint density at radius 3 is 2.89 bits per heavy atom. The monoisotopic (exact) mass is 259 g/mol. The van der Waals surface area contributed by atoms with E-state index in [2.05, 4.69) is 27.6 Å². The molecule has 0 atom stereocenters. The van der Waals surface area contributed by atoms with Crippen molar-refractivity contribution in [2.45, 2.75) is 32.6 Å². The number of aromatic nitrogens is 1. The van der Waals surface area contributed by atoms with Crippen molar-refractivity contribution in [2.24, 2.45) is 22.7 Å². The van der Waals surface area contributed by atoms with Crippen molar-refractivity contribution in [1.29, 1.82) is 0 Å². The highest BCUT2D eigenvalue weighted by Gasteiger charge is 2.26. The lowest BCUT2D eigenvalue weighted by Gasteiger charge is -2.30. The van der Waals surface area contributed by atoms with Gasteiger partial charge in [0.2, 0.25) is 0 Å². The maximum Gasteiger partial charge on any atom is 0.141 e. The van der Waals surface area contributed by atoms with Gasteiger partial charge in [-0.15, -0.1) is 0 Å². The van der Waals surface area contributed by atoms with Gasteiger partial charge in [-0.1, -0.05) is 19.8 Å². The fraction of sp³-hybridized carbons (Fsp3) is 0.500. The lowest BCUT2D eigenvalue weighted by atomic mass is 9.80. The quantitative estimate of drug-likeness (QED) is 0.486. The van der Waals surface area contributed by atoms with Gasteiger partial charge in [-0.3, -0.25) is 5.84 Å². The zero-order chi connectivity index (χ0) is 13.2. The van der Waals surface area contributed by atoms with Crippen molar-refractivity contribution in [3.05, 3.63) is 23.5 Å². The normalized spacial score (nSPS) is 28.5. The van der Waals surface area contributed by atoms with E-state index in [0.29, 0.717) is 5.92 Å². The number of hydrogen-bond acceptors (Lipinski definition) is 4. The minimum atomic E-state index is 0.512. The number of H-pyrrole nitrogens is 1. The Kier molecular flexibility index (Phi) is 3.29. The molecule has 5 nitrogen and oxygen atoms in total. The first-order chi connectivity index (χ1) is 9.29. The van der Waals surface area contributed by atoms with Crippen LogP contribution in [0.1, 0.15) is 38.2 Å². The van der Waals surface area contributed by atoms with Crippen LogP contribution in [0.15, 0.2) is 23.0 Å². The van der Waals surface area contributed by atoms with Gasteiger partial charge in [0, 0.05) is 17.7 Å². The van der Waals surface area contributed by atoms with E-state index in [4.69, 9.17) is 5.84 Å². The van der Waals surface area contributed by atoms with Crippen LogP contribution in [-0.4, -0.2) is 11.3 Å². The van der Waals surface area contributed by atoms with Crippen molar-refractivity contribution >= 4 is 17.9 Å². The van der Waals surface area contributed by atoms with Gasteiger partial charge in [-0.2, -0.15) is 0 Å². The Hall–Kier alpha value is -1.75. The third kappa shape index (κ3) is 2.26. The molecule has 1 fully saturated rings. The SMILES string of the molecule is CC1CCC(/C(NN)=C2/NC=Nc3[nH]ccc32)CC1. The van der Waals surface area contributed by atoms with Crippen LogP contribution in [0.4, 0.5) is 5.82 Å². The number of fused-ring (bicyclic) bond motifs is 1. The number of hydrogen-bond donors (Lipinski definition) is 4. The van der Waals surface area contributed by atoms with Crippen LogP contribution in [0.5, 0.6) is 0 Å². The van der Waals surface area contributed by atoms with Crippen LogP contribution < -0.4 is 16.6 Å². The van der Waals surface area contributed by atoms with Gasteiger partial charge in [0.1, 0.15) is 5.82 Å². The lowest BCUT2D eigenvalue weighted by Crippen LogP contribution is -2.33. The first-order valence-electron chi connectivity index (χ1n) is 6.97. The average molecular weight is 259 g/mol. The molecule has 0 spiro atoms. The van der Waals surface area contributed by atoms with Gasteiger partial charge in [0.15, 0.2) is 0 Å². The van der Waals surface area contributed by atoms with Crippen LogP contribution >= 0.6 is 0 Å². The summed E-state index contributed by atoms with van der Waals surface area (Å²) in [5, 5.41) is 3.25. The largest absolute Gasteiger partial charge is 0.346 e. The molecule has 1 aromatic heterocycles. The molecule has 19 heavy (non-hydrogen) atoms. The highest BCUT2D eigenvalue weighted by molar-refractivity contribution is 5.87. The van der Waals surface area contributed by atoms with Crippen molar-refractivity contribution in [2.75, 3.05) is 0 Å². The molecule has 5 N–H and O–H groups in total. The molecular weight excluding hydrogens is 238 g/mol. The van der Waals surface area contributed by atoms with Gasteiger partial charge in [0.05, 0.1) is 17.7 Å². The summed E-state index contributed by atoms with van der Waals surface area (Å²) >= 11 is 0. The van der Waals surface area contributed by atoms with Crippen molar-refractivity contribution < 1.29 is 0 Å². The summed E-state index contributed by atoms with van der Waals surface area (Å²) in [5.41, 5.74) is 6.19. The molecule has 3 rings (SSSR count). The molecule has 0 saturated heterocycles. The highest BCUT2D eigenvalue weighted by Crippen LogP contribution is 2.36. The van der Waals surface area contributed by atoms with Crippen molar-refractivity contribution in [3.8, 4) is 0 Å². The Morgan fingerprint density at radius 2 is 2.16 bits per heavy atom. The zero-order valence-electron chi connectivity index (χ0n) is 11.2. The number of rotatable bonds is 2. The molecular formula is C14H21N5. The maximum absolute atomic E-state index is 5.79. The molecule has 1 saturated carbocycles. The predicted molar refractivity (Wildman–Crippen MR) is 77.4 cm³/mol. The fourth-order valence-corrected chi connectivity index (χ4v) is 3.07. The standard InChI is InChI=1S/C14H21N5/c1-9-2-4-10(5-3-9)12(19-15)13-11-6-7-16-14(11)18-8-17-13/h6-10,16,19H,2-5,15H2,1H3,(H,17,18)/b13-12-. The number of allylic oxidation sites excluding steroid dienone is 1. The van der Waals surface area contributed by atoms with Gasteiger partial charge >= 0.3 is 0 Å². The summed E-state index contributed by atoms with van der Waals surface area (Å²) in [5.74, 6) is 8.04. The number of aromatic amines is 1. The molecule has 1 aromatic rings. The van der Waals surface area contributed by atoms with Crippen LogP contribution in [-0.2, 0) is 0 Å². The van der Waals surface area contributed by atoms with E-state index < -0.39 is 0 Å². The molecule has 0 unspecified atom stereocenters. The second-order valence-electron chi connectivity index (χ2n) is 5.53. The second kappa shape index (κ2) is 5.09. The van der Waals surface area contributed by atoms with Gasteiger partial charge in [-0.05, 0) is 24.8 Å². The minimum absolute atomic E-state index is 0.512. The van der Waals surface area contributed by atoms with Crippen LogP contribution in [0.3, 0.4) is 0 Å². The molecule has 2 aliphatic rings. The third-order valence-electron chi connectivity index (χ3n) is 4.25. The first kappa shape index (κ1) is 12.3. The summed E-state index contributed by atoms with van der Waals surface area (Å²) in [6.07, 6.45) is 8.57. The van der Waals surface area contributed by atoms with Crippen LogP contribution in [0, 0.1) is 11.8 Å². The van der Waals surface area contributed by atoms with Gasteiger partial charge < -0.3 is 15.7 Å². The Labute approximate surface area is 113 Å². The van der Waals surface area contributed by atoms with Gasteiger partial charge in [-0.25, -0.2) is 4.99 Å². The molecule has 0 bridgehead atoms. The third-order valence-corrected chi connectivity index (χ3v) is 4.25. The van der Waals surface area contributed by atoms with E-state index >= 15 is 0 Å². The Balaban J connectivity index is 1.93. The highest BCUT2D eigenvalue weighted by atomic mass is 15.2. The lowest BCUT2D eigenvalue weighted by molar-refractivity contribution is 0.311. The smallest absolute Gasteiger partial charge is 0.141 e.